The molecular formula is C12H18O2. The van der Waals surface area contributed by atoms with Crippen molar-refractivity contribution in [2.24, 2.45) is 0 Å². The van der Waals surface area contributed by atoms with Crippen LogP contribution in [0.25, 0.3) is 0 Å². The molecule has 0 aromatic rings. The number of esters is 1. The molecule has 0 N–H and O–H groups in total. The Bertz CT molecular complexity index is 265. The second-order valence-electron chi connectivity index (χ2n) is 3.92. The molecule has 0 bridgehead atoms. The molecule has 1 atom stereocenters. The van der Waals surface area contributed by atoms with Gasteiger partial charge in [-0.15, -0.1) is 0 Å². The van der Waals surface area contributed by atoms with E-state index in [0.29, 0.717) is 5.57 Å². The molecule has 0 saturated carbocycles. The fraction of sp³-hybridized carbons (Fsp3) is 0.583. The number of carbonyl (C=O) groups is 1. The fourth-order valence-electron chi connectivity index (χ4n) is 1.63. The van der Waals surface area contributed by atoms with E-state index in [1.54, 1.807) is 6.92 Å². The Morgan fingerprint density at radius 3 is 2.71 bits per heavy atom. The Kier molecular flexibility index (Phi) is 3.50. The highest BCUT2D eigenvalue weighted by atomic mass is 16.6. The summed E-state index contributed by atoms with van der Waals surface area (Å²) in [5, 5.41) is 0. The highest BCUT2D eigenvalue weighted by Crippen LogP contribution is 2.31. The quantitative estimate of drug-likeness (QED) is 0.392. The summed E-state index contributed by atoms with van der Waals surface area (Å²) in [5.41, 5.74) is 0.206. The molecule has 1 aliphatic carbocycles. The lowest BCUT2D eigenvalue weighted by Gasteiger charge is -2.33. The molecule has 0 heterocycles. The molecule has 14 heavy (non-hydrogen) atoms. The van der Waals surface area contributed by atoms with E-state index in [1.165, 1.54) is 0 Å². The van der Waals surface area contributed by atoms with E-state index >= 15 is 0 Å². The van der Waals surface area contributed by atoms with Gasteiger partial charge in [-0.2, -0.15) is 0 Å². The molecule has 0 fully saturated rings. The average Bonchev–Trinajstić information content (AvgIpc) is 2.19. The topological polar surface area (TPSA) is 26.3 Å². The van der Waals surface area contributed by atoms with Gasteiger partial charge in [0.05, 0.1) is 0 Å². The molecule has 1 unspecified atom stereocenters. The molecule has 0 aromatic heterocycles. The van der Waals surface area contributed by atoms with Crippen molar-refractivity contribution < 1.29 is 9.53 Å². The highest BCUT2D eigenvalue weighted by Gasteiger charge is 2.32. The van der Waals surface area contributed by atoms with E-state index in [2.05, 4.69) is 25.7 Å². The Hall–Kier alpha value is -1.05. The standard InChI is InChI=1S/C12H18O2/c1-4-12(8-6-5-7-9-12)14-11(13)10(2)3/h5-6H,2,4,7-9H2,1,3H3. The van der Waals surface area contributed by atoms with E-state index in [-0.39, 0.29) is 11.6 Å². The molecule has 0 spiro atoms. The zero-order valence-corrected chi connectivity index (χ0v) is 9.01. The lowest BCUT2D eigenvalue weighted by Crippen LogP contribution is -2.35. The summed E-state index contributed by atoms with van der Waals surface area (Å²) in [6, 6.07) is 0. The summed E-state index contributed by atoms with van der Waals surface area (Å²) in [4.78, 5) is 11.4. The Balaban J connectivity index is 2.66. The van der Waals surface area contributed by atoms with Crippen molar-refractivity contribution in [1.82, 2.24) is 0 Å². The maximum Gasteiger partial charge on any atom is 0.333 e. The van der Waals surface area contributed by atoms with Gasteiger partial charge in [0.25, 0.3) is 0 Å². The molecule has 1 rings (SSSR count). The van der Waals surface area contributed by atoms with Gasteiger partial charge in [0.15, 0.2) is 0 Å². The number of rotatable bonds is 3. The first-order chi connectivity index (χ1) is 6.59. The minimum Gasteiger partial charge on any atom is -0.455 e. The van der Waals surface area contributed by atoms with Crippen LogP contribution in [0.15, 0.2) is 24.3 Å². The smallest absolute Gasteiger partial charge is 0.333 e. The lowest BCUT2D eigenvalue weighted by molar-refractivity contribution is -0.156. The van der Waals surface area contributed by atoms with E-state index in [0.717, 1.165) is 25.7 Å². The molecular weight excluding hydrogens is 176 g/mol. The van der Waals surface area contributed by atoms with Crippen molar-refractivity contribution in [1.29, 1.82) is 0 Å². The molecule has 0 aromatic carbocycles. The van der Waals surface area contributed by atoms with Gasteiger partial charge in [-0.1, -0.05) is 25.7 Å². The van der Waals surface area contributed by atoms with Gasteiger partial charge >= 0.3 is 5.97 Å². The van der Waals surface area contributed by atoms with Crippen LogP contribution in [0.2, 0.25) is 0 Å². The first kappa shape index (κ1) is 11.0. The van der Waals surface area contributed by atoms with Gasteiger partial charge in [0.2, 0.25) is 0 Å². The van der Waals surface area contributed by atoms with Crippen LogP contribution in [0, 0.1) is 0 Å². The summed E-state index contributed by atoms with van der Waals surface area (Å²) in [5.74, 6) is -0.262. The van der Waals surface area contributed by atoms with E-state index in [4.69, 9.17) is 4.74 Å². The van der Waals surface area contributed by atoms with Crippen LogP contribution in [0.3, 0.4) is 0 Å². The Morgan fingerprint density at radius 1 is 1.57 bits per heavy atom. The number of ether oxygens (including phenoxy) is 1. The Morgan fingerprint density at radius 2 is 2.29 bits per heavy atom. The molecule has 2 heteroatoms. The average molecular weight is 194 g/mol. The third-order valence-electron chi connectivity index (χ3n) is 2.73. The maximum atomic E-state index is 11.4. The molecule has 0 aliphatic heterocycles. The number of hydrogen-bond donors (Lipinski definition) is 0. The zero-order valence-electron chi connectivity index (χ0n) is 9.01. The maximum absolute atomic E-state index is 11.4. The molecule has 78 valence electrons. The summed E-state index contributed by atoms with van der Waals surface area (Å²) >= 11 is 0. The largest absolute Gasteiger partial charge is 0.455 e. The third kappa shape index (κ3) is 2.47. The summed E-state index contributed by atoms with van der Waals surface area (Å²) in [6.07, 6.45) is 7.87. The molecule has 0 radical (unpaired) electrons. The van der Waals surface area contributed by atoms with E-state index < -0.39 is 0 Å². The van der Waals surface area contributed by atoms with E-state index in [9.17, 15) is 4.79 Å². The summed E-state index contributed by atoms with van der Waals surface area (Å²) in [6.45, 7) is 7.34. The monoisotopic (exact) mass is 194 g/mol. The molecule has 0 amide bonds. The van der Waals surface area contributed by atoms with Gasteiger partial charge in [-0.3, -0.25) is 0 Å². The first-order valence-corrected chi connectivity index (χ1v) is 5.13. The first-order valence-electron chi connectivity index (χ1n) is 5.13. The van der Waals surface area contributed by atoms with Crippen LogP contribution in [0.1, 0.15) is 39.5 Å². The summed E-state index contributed by atoms with van der Waals surface area (Å²) < 4.78 is 5.50. The Labute approximate surface area is 85.6 Å². The zero-order chi connectivity index (χ0) is 10.6. The SMILES string of the molecule is C=C(C)C(=O)OC1(CC)CC=CCC1. The van der Waals surface area contributed by atoms with Crippen LogP contribution in [-0.2, 0) is 9.53 Å². The van der Waals surface area contributed by atoms with Crippen LogP contribution in [0.5, 0.6) is 0 Å². The van der Waals surface area contributed by atoms with Crippen molar-refractivity contribution in [3.05, 3.63) is 24.3 Å². The minimum atomic E-state index is -0.273. The highest BCUT2D eigenvalue weighted by molar-refractivity contribution is 5.87. The van der Waals surface area contributed by atoms with E-state index in [1.807, 2.05) is 0 Å². The van der Waals surface area contributed by atoms with Gasteiger partial charge in [-0.05, 0) is 26.2 Å². The van der Waals surface area contributed by atoms with Crippen molar-refractivity contribution in [2.75, 3.05) is 0 Å². The van der Waals surface area contributed by atoms with Crippen molar-refractivity contribution in [2.45, 2.75) is 45.1 Å². The molecule has 2 nitrogen and oxygen atoms in total. The molecule has 0 saturated heterocycles. The van der Waals surface area contributed by atoms with Gasteiger partial charge in [-0.25, -0.2) is 4.79 Å². The van der Waals surface area contributed by atoms with Gasteiger partial charge < -0.3 is 4.74 Å². The number of carbonyl (C=O) groups excluding carboxylic acids is 1. The van der Waals surface area contributed by atoms with Crippen molar-refractivity contribution in [3.8, 4) is 0 Å². The predicted octanol–water partition coefficient (Wildman–Crippen LogP) is 2.99. The van der Waals surface area contributed by atoms with Crippen molar-refractivity contribution in [3.63, 3.8) is 0 Å². The third-order valence-corrected chi connectivity index (χ3v) is 2.73. The van der Waals surface area contributed by atoms with Gasteiger partial charge in [0.1, 0.15) is 5.60 Å². The van der Waals surface area contributed by atoms with Crippen LogP contribution in [-0.4, -0.2) is 11.6 Å². The minimum absolute atomic E-state index is 0.262. The number of allylic oxidation sites excluding steroid dienone is 1. The second-order valence-corrected chi connectivity index (χ2v) is 3.92. The van der Waals surface area contributed by atoms with Crippen LogP contribution in [0.4, 0.5) is 0 Å². The van der Waals surface area contributed by atoms with Crippen molar-refractivity contribution >= 4 is 5.97 Å². The fourth-order valence-corrected chi connectivity index (χ4v) is 1.63. The van der Waals surface area contributed by atoms with Gasteiger partial charge in [0, 0.05) is 12.0 Å². The summed E-state index contributed by atoms with van der Waals surface area (Å²) in [7, 11) is 0. The van der Waals surface area contributed by atoms with Crippen LogP contribution >= 0.6 is 0 Å². The number of hydrogen-bond acceptors (Lipinski definition) is 2. The predicted molar refractivity (Wildman–Crippen MR) is 56.9 cm³/mol. The molecule has 1 aliphatic rings. The lowest BCUT2D eigenvalue weighted by atomic mass is 9.87. The van der Waals surface area contributed by atoms with Crippen LogP contribution < -0.4 is 0 Å². The second kappa shape index (κ2) is 4.45. The normalized spacial score (nSPS) is 25.9.